The van der Waals surface area contributed by atoms with Crippen molar-refractivity contribution in [3.8, 4) is 5.75 Å². The van der Waals surface area contributed by atoms with E-state index in [9.17, 15) is 20.0 Å². The SMILES string of the molecule is O=C1OC(c2ccc(Br)cc2)=N/C1=C\c1cc([N+](=O)[O-])ccc1O. The van der Waals surface area contributed by atoms with Gasteiger partial charge in [-0.1, -0.05) is 15.9 Å². The highest BCUT2D eigenvalue weighted by atomic mass is 79.9. The number of cyclic esters (lactones) is 1. The molecule has 24 heavy (non-hydrogen) atoms. The third-order valence-corrected chi connectivity index (χ3v) is 3.75. The summed E-state index contributed by atoms with van der Waals surface area (Å²) in [6, 6.07) is 10.5. The number of aliphatic imine (C=N–C) groups is 1. The van der Waals surface area contributed by atoms with E-state index in [1.807, 2.05) is 0 Å². The Kier molecular flexibility index (Phi) is 4.13. The van der Waals surface area contributed by atoms with Crippen molar-refractivity contribution in [3.63, 3.8) is 0 Å². The highest BCUT2D eigenvalue weighted by Crippen LogP contribution is 2.27. The number of hydrogen-bond acceptors (Lipinski definition) is 6. The number of carbonyl (C=O) groups excluding carboxylic acids is 1. The number of aromatic hydroxyl groups is 1. The van der Waals surface area contributed by atoms with E-state index in [2.05, 4.69) is 20.9 Å². The summed E-state index contributed by atoms with van der Waals surface area (Å²) >= 11 is 3.31. The summed E-state index contributed by atoms with van der Waals surface area (Å²) in [7, 11) is 0. The van der Waals surface area contributed by atoms with E-state index >= 15 is 0 Å². The Bertz CT molecular complexity index is 903. The number of nitro benzene ring substituents is 1. The van der Waals surface area contributed by atoms with Crippen LogP contribution in [-0.2, 0) is 9.53 Å². The molecule has 0 bridgehead atoms. The third-order valence-electron chi connectivity index (χ3n) is 3.23. The minimum atomic E-state index is -0.696. The van der Waals surface area contributed by atoms with Gasteiger partial charge < -0.3 is 9.84 Å². The Labute approximate surface area is 144 Å². The van der Waals surface area contributed by atoms with E-state index in [4.69, 9.17) is 4.74 Å². The van der Waals surface area contributed by atoms with Crippen LogP contribution >= 0.6 is 15.9 Å². The van der Waals surface area contributed by atoms with Crippen LogP contribution in [0.4, 0.5) is 5.69 Å². The number of benzene rings is 2. The van der Waals surface area contributed by atoms with Gasteiger partial charge >= 0.3 is 5.97 Å². The molecule has 2 aromatic rings. The normalized spacial score (nSPS) is 15.3. The summed E-state index contributed by atoms with van der Waals surface area (Å²) < 4.78 is 5.97. The Morgan fingerprint density at radius 2 is 1.92 bits per heavy atom. The lowest BCUT2D eigenvalue weighted by Gasteiger charge is -1.99. The minimum absolute atomic E-state index is 0.0521. The summed E-state index contributed by atoms with van der Waals surface area (Å²) in [6.07, 6.45) is 1.25. The Hall–Kier alpha value is -3.00. The van der Waals surface area contributed by atoms with Gasteiger partial charge in [0.2, 0.25) is 5.90 Å². The average Bonchev–Trinajstić information content (AvgIpc) is 2.91. The van der Waals surface area contributed by atoms with Crippen LogP contribution in [0.2, 0.25) is 0 Å². The summed E-state index contributed by atoms with van der Waals surface area (Å²) in [5.74, 6) is -0.768. The van der Waals surface area contributed by atoms with Gasteiger partial charge in [-0.3, -0.25) is 10.1 Å². The first-order valence-electron chi connectivity index (χ1n) is 6.70. The van der Waals surface area contributed by atoms with Crippen LogP contribution in [0.5, 0.6) is 5.75 Å². The monoisotopic (exact) mass is 388 g/mol. The predicted molar refractivity (Wildman–Crippen MR) is 89.5 cm³/mol. The molecule has 0 fully saturated rings. The Morgan fingerprint density at radius 1 is 1.21 bits per heavy atom. The smallest absolute Gasteiger partial charge is 0.363 e. The fourth-order valence-corrected chi connectivity index (χ4v) is 2.31. The third kappa shape index (κ3) is 3.18. The van der Waals surface area contributed by atoms with E-state index in [-0.39, 0.29) is 28.6 Å². The molecule has 120 valence electrons. The standard InChI is InChI=1S/C16H9BrN2O5/c17-11-3-1-9(2-4-11)15-18-13(16(21)24-15)8-10-7-12(19(22)23)5-6-14(10)20/h1-8,20H/b13-8-. The van der Waals surface area contributed by atoms with Crippen LogP contribution in [0.1, 0.15) is 11.1 Å². The van der Waals surface area contributed by atoms with E-state index < -0.39 is 10.9 Å². The summed E-state index contributed by atoms with van der Waals surface area (Å²) in [6.45, 7) is 0. The molecule has 0 aliphatic carbocycles. The van der Waals surface area contributed by atoms with Gasteiger partial charge in [0.1, 0.15) is 5.75 Å². The quantitative estimate of drug-likeness (QED) is 0.375. The zero-order valence-electron chi connectivity index (χ0n) is 12.0. The molecule has 7 nitrogen and oxygen atoms in total. The molecule has 0 amide bonds. The molecule has 8 heteroatoms. The number of nitrogens with zero attached hydrogens (tertiary/aromatic N) is 2. The number of esters is 1. The maximum atomic E-state index is 11.9. The van der Waals surface area contributed by atoms with Gasteiger partial charge in [-0.15, -0.1) is 0 Å². The molecule has 3 rings (SSSR count). The zero-order chi connectivity index (χ0) is 17.3. The summed E-state index contributed by atoms with van der Waals surface area (Å²) in [5.41, 5.74) is 0.460. The van der Waals surface area contributed by atoms with Gasteiger partial charge in [-0.25, -0.2) is 9.79 Å². The Balaban J connectivity index is 1.98. The van der Waals surface area contributed by atoms with Gasteiger partial charge in [0.25, 0.3) is 5.69 Å². The number of phenolic OH excluding ortho intramolecular Hbond substituents is 1. The van der Waals surface area contributed by atoms with Crippen LogP contribution in [0, 0.1) is 10.1 Å². The van der Waals surface area contributed by atoms with Crippen molar-refractivity contribution in [2.24, 2.45) is 4.99 Å². The van der Waals surface area contributed by atoms with Crippen molar-refractivity contribution in [2.75, 3.05) is 0 Å². The molecule has 0 radical (unpaired) electrons. The molecule has 0 atom stereocenters. The molecule has 1 aliphatic heterocycles. The second kappa shape index (κ2) is 6.25. The highest BCUT2D eigenvalue weighted by molar-refractivity contribution is 9.10. The van der Waals surface area contributed by atoms with Gasteiger partial charge in [0.05, 0.1) is 4.92 Å². The number of phenols is 1. The second-order valence-corrected chi connectivity index (χ2v) is 5.76. The Morgan fingerprint density at radius 3 is 2.58 bits per heavy atom. The first-order chi connectivity index (χ1) is 11.4. The molecule has 0 unspecified atom stereocenters. The zero-order valence-corrected chi connectivity index (χ0v) is 13.6. The first-order valence-corrected chi connectivity index (χ1v) is 7.49. The molecular formula is C16H9BrN2O5. The lowest BCUT2D eigenvalue weighted by atomic mass is 10.1. The maximum absolute atomic E-state index is 11.9. The molecule has 1 aliphatic rings. The van der Waals surface area contributed by atoms with E-state index in [0.717, 1.165) is 10.5 Å². The van der Waals surface area contributed by atoms with Crippen molar-refractivity contribution < 1.29 is 19.6 Å². The maximum Gasteiger partial charge on any atom is 0.363 e. The molecule has 0 aromatic heterocycles. The van der Waals surface area contributed by atoms with Gasteiger partial charge in [0.15, 0.2) is 5.70 Å². The number of hydrogen-bond donors (Lipinski definition) is 1. The molecule has 1 N–H and O–H groups in total. The van der Waals surface area contributed by atoms with Crippen molar-refractivity contribution in [2.45, 2.75) is 0 Å². The van der Waals surface area contributed by atoms with Crippen LogP contribution in [0.15, 0.2) is 57.6 Å². The largest absolute Gasteiger partial charge is 0.507 e. The van der Waals surface area contributed by atoms with Crippen molar-refractivity contribution in [1.29, 1.82) is 0 Å². The van der Waals surface area contributed by atoms with Crippen LogP contribution < -0.4 is 0 Å². The fraction of sp³-hybridized carbons (Fsp3) is 0. The molecule has 2 aromatic carbocycles. The van der Waals surface area contributed by atoms with Gasteiger partial charge in [-0.2, -0.15) is 0 Å². The minimum Gasteiger partial charge on any atom is -0.507 e. The summed E-state index contributed by atoms with van der Waals surface area (Å²) in [4.78, 5) is 26.2. The van der Waals surface area contributed by atoms with Gasteiger partial charge in [0, 0.05) is 27.7 Å². The van der Waals surface area contributed by atoms with Crippen LogP contribution in [-0.4, -0.2) is 21.9 Å². The van der Waals surface area contributed by atoms with Crippen molar-refractivity contribution >= 4 is 39.6 Å². The van der Waals surface area contributed by atoms with Crippen LogP contribution in [0.25, 0.3) is 6.08 Å². The lowest BCUT2D eigenvalue weighted by molar-refractivity contribution is -0.384. The number of non-ortho nitro benzene ring substituents is 1. The molecule has 0 spiro atoms. The van der Waals surface area contributed by atoms with Crippen molar-refractivity contribution in [3.05, 3.63) is 73.9 Å². The highest BCUT2D eigenvalue weighted by Gasteiger charge is 2.24. The number of rotatable bonds is 3. The number of nitro groups is 1. The average molecular weight is 389 g/mol. The predicted octanol–water partition coefficient (Wildman–Crippen LogP) is 3.41. The number of ether oxygens (including phenoxy) is 1. The molecule has 0 saturated carbocycles. The summed E-state index contributed by atoms with van der Waals surface area (Å²) in [5, 5.41) is 20.6. The van der Waals surface area contributed by atoms with E-state index in [0.29, 0.717) is 5.56 Å². The molecular weight excluding hydrogens is 380 g/mol. The second-order valence-electron chi connectivity index (χ2n) is 4.84. The molecule has 1 heterocycles. The van der Waals surface area contributed by atoms with E-state index in [1.54, 1.807) is 24.3 Å². The van der Waals surface area contributed by atoms with Crippen LogP contribution in [0.3, 0.4) is 0 Å². The van der Waals surface area contributed by atoms with Crippen molar-refractivity contribution in [1.82, 2.24) is 0 Å². The van der Waals surface area contributed by atoms with E-state index in [1.165, 1.54) is 18.2 Å². The topological polar surface area (TPSA) is 102 Å². The lowest BCUT2D eigenvalue weighted by Crippen LogP contribution is -2.05. The number of carbonyl (C=O) groups is 1. The number of halogens is 1. The molecule has 0 saturated heterocycles. The first kappa shape index (κ1) is 15.9. The van der Waals surface area contributed by atoms with Gasteiger partial charge in [-0.05, 0) is 36.4 Å². The fourth-order valence-electron chi connectivity index (χ4n) is 2.04.